The maximum atomic E-state index is 12.7. The van der Waals surface area contributed by atoms with Crippen LogP contribution in [-0.4, -0.2) is 35.1 Å². The van der Waals surface area contributed by atoms with Crippen molar-refractivity contribution in [2.45, 2.75) is 31.6 Å². The first-order valence-electron chi connectivity index (χ1n) is 8.62. The van der Waals surface area contributed by atoms with Crippen molar-refractivity contribution in [2.75, 3.05) is 5.32 Å². The first-order valence-corrected chi connectivity index (χ1v) is 9.49. The van der Waals surface area contributed by atoms with Gasteiger partial charge in [-0.1, -0.05) is 0 Å². The van der Waals surface area contributed by atoms with Gasteiger partial charge in [0.25, 0.3) is 5.91 Å². The molecule has 2 aliphatic rings. The molecule has 2 bridgehead atoms. The second kappa shape index (κ2) is 7.16. The summed E-state index contributed by atoms with van der Waals surface area (Å²) in [6.07, 6.45) is 2.06. The van der Waals surface area contributed by atoms with Gasteiger partial charge in [-0.15, -0.1) is 11.3 Å². The van der Waals surface area contributed by atoms with E-state index in [-0.39, 0.29) is 18.6 Å². The highest BCUT2D eigenvalue weighted by molar-refractivity contribution is 7.14. The molecule has 2 aromatic rings. The molecule has 2 aromatic heterocycles. The molecule has 2 saturated heterocycles. The van der Waals surface area contributed by atoms with Gasteiger partial charge in [-0.25, -0.2) is 0 Å². The van der Waals surface area contributed by atoms with Crippen molar-refractivity contribution in [3.05, 3.63) is 41.2 Å². The number of anilines is 1. The third-order valence-corrected chi connectivity index (χ3v) is 5.84. The number of carbonyl (C=O) groups is 3. The summed E-state index contributed by atoms with van der Waals surface area (Å²) in [5, 5.41) is 17.0. The van der Waals surface area contributed by atoms with E-state index in [1.54, 1.807) is 23.6 Å². The normalized spacial score (nSPS) is 26.1. The van der Waals surface area contributed by atoms with Gasteiger partial charge in [-0.2, -0.15) is 0 Å². The van der Waals surface area contributed by atoms with Crippen molar-refractivity contribution in [1.29, 1.82) is 0 Å². The molecule has 27 heavy (non-hydrogen) atoms. The Morgan fingerprint density at radius 2 is 1.96 bits per heavy atom. The summed E-state index contributed by atoms with van der Waals surface area (Å²) >= 11 is 1.21. The lowest BCUT2D eigenvalue weighted by Crippen LogP contribution is -2.41. The van der Waals surface area contributed by atoms with Crippen LogP contribution in [0.5, 0.6) is 0 Å². The van der Waals surface area contributed by atoms with E-state index in [1.807, 2.05) is 0 Å². The second-order valence-corrected chi connectivity index (χ2v) is 7.51. The Bertz CT molecular complexity index is 861. The summed E-state index contributed by atoms with van der Waals surface area (Å²) in [4.78, 5) is 36.7. The molecule has 4 rings (SSSR count). The highest BCUT2D eigenvalue weighted by Gasteiger charge is 2.55. The average Bonchev–Trinajstić information content (AvgIpc) is 3.42. The van der Waals surface area contributed by atoms with Gasteiger partial charge in [0.2, 0.25) is 5.91 Å². The Balaban J connectivity index is 1.44. The number of rotatable bonds is 6. The third-order valence-electron chi connectivity index (χ3n) is 5.01. The molecule has 0 saturated carbocycles. The first kappa shape index (κ1) is 17.7. The number of hydrogen-bond acceptors (Lipinski definition) is 6. The van der Waals surface area contributed by atoms with Crippen molar-refractivity contribution in [3.8, 4) is 0 Å². The number of furan rings is 1. The van der Waals surface area contributed by atoms with Crippen molar-refractivity contribution < 1.29 is 28.6 Å². The zero-order valence-electron chi connectivity index (χ0n) is 14.2. The molecular formula is C18H18N2O6S. The maximum Gasteiger partial charge on any atom is 0.310 e. The third kappa shape index (κ3) is 3.35. The van der Waals surface area contributed by atoms with Crippen molar-refractivity contribution in [3.63, 3.8) is 0 Å². The van der Waals surface area contributed by atoms with Crippen LogP contribution >= 0.6 is 11.3 Å². The predicted molar refractivity (Wildman–Crippen MR) is 95.3 cm³/mol. The number of nitrogens with one attached hydrogen (secondary N) is 2. The number of aliphatic carboxylic acids is 1. The van der Waals surface area contributed by atoms with Crippen molar-refractivity contribution in [2.24, 2.45) is 11.8 Å². The van der Waals surface area contributed by atoms with Crippen LogP contribution in [0.25, 0.3) is 0 Å². The number of carboxylic acids is 1. The van der Waals surface area contributed by atoms with Gasteiger partial charge in [0.1, 0.15) is 10.8 Å². The topological polar surface area (TPSA) is 118 Å². The minimum Gasteiger partial charge on any atom is -0.481 e. The predicted octanol–water partition coefficient (Wildman–Crippen LogP) is 2.09. The minimum absolute atomic E-state index is 0.233. The Kier molecular flexibility index (Phi) is 4.71. The zero-order chi connectivity index (χ0) is 19.0. The summed E-state index contributed by atoms with van der Waals surface area (Å²) in [5.41, 5.74) is 0.329. The molecule has 4 heterocycles. The first-order chi connectivity index (χ1) is 13.0. The van der Waals surface area contributed by atoms with Gasteiger partial charge < -0.3 is 24.9 Å². The number of ether oxygens (including phenoxy) is 1. The SMILES string of the molecule is O=C(NCc1ccco1)c1ccsc1NC(=O)[C@@H]1[C@@H](C(=O)O)[C@@H]2CC[C@H]1O2. The van der Waals surface area contributed by atoms with Crippen LogP contribution < -0.4 is 10.6 Å². The largest absolute Gasteiger partial charge is 0.481 e. The number of carboxylic acid groups (broad SMARTS) is 1. The molecule has 4 atom stereocenters. The van der Waals surface area contributed by atoms with E-state index in [9.17, 15) is 19.5 Å². The highest BCUT2D eigenvalue weighted by atomic mass is 32.1. The molecule has 2 fully saturated rings. The van der Waals surface area contributed by atoms with Crippen molar-refractivity contribution in [1.82, 2.24) is 5.32 Å². The lowest BCUT2D eigenvalue weighted by molar-refractivity contribution is -0.147. The number of amides is 2. The molecule has 142 valence electrons. The molecule has 2 aliphatic heterocycles. The van der Waals surface area contributed by atoms with Crippen LogP contribution in [0.3, 0.4) is 0 Å². The molecule has 3 N–H and O–H groups in total. The second-order valence-electron chi connectivity index (χ2n) is 6.59. The quantitative estimate of drug-likeness (QED) is 0.695. The van der Waals surface area contributed by atoms with E-state index >= 15 is 0 Å². The monoisotopic (exact) mass is 390 g/mol. The van der Waals surface area contributed by atoms with Crippen LogP contribution in [0, 0.1) is 11.8 Å². The molecule has 2 amide bonds. The summed E-state index contributed by atoms with van der Waals surface area (Å²) in [5.74, 6) is -2.76. The van der Waals surface area contributed by atoms with Gasteiger partial charge in [0.05, 0.1) is 42.4 Å². The molecular weight excluding hydrogens is 372 g/mol. The highest BCUT2D eigenvalue weighted by Crippen LogP contribution is 2.44. The molecule has 0 aliphatic carbocycles. The van der Waals surface area contributed by atoms with Gasteiger partial charge in [-0.3, -0.25) is 14.4 Å². The lowest BCUT2D eigenvalue weighted by atomic mass is 9.79. The van der Waals surface area contributed by atoms with Crippen LogP contribution in [0.15, 0.2) is 34.3 Å². The van der Waals surface area contributed by atoms with E-state index < -0.39 is 29.8 Å². The fourth-order valence-electron chi connectivity index (χ4n) is 3.78. The van der Waals surface area contributed by atoms with Gasteiger partial charge in [0.15, 0.2) is 0 Å². The van der Waals surface area contributed by atoms with E-state index in [0.29, 0.717) is 29.2 Å². The number of thiophene rings is 1. The maximum absolute atomic E-state index is 12.7. The standard InChI is InChI=1S/C18H18N2O6S/c21-15(19-8-9-2-1-6-25-9)10-5-7-27-17(10)20-16(22)13-11-3-4-12(26-11)14(13)18(23)24/h1-2,5-7,11-14H,3-4,8H2,(H,19,21)(H,20,22)(H,23,24)/t11-,12+,13+,14+/m1/s1. The molecule has 0 spiro atoms. The lowest BCUT2D eigenvalue weighted by Gasteiger charge is -2.23. The zero-order valence-corrected chi connectivity index (χ0v) is 15.0. The fourth-order valence-corrected chi connectivity index (χ4v) is 4.57. The van der Waals surface area contributed by atoms with E-state index in [4.69, 9.17) is 9.15 Å². The van der Waals surface area contributed by atoms with Crippen LogP contribution in [0.1, 0.15) is 29.0 Å². The Hall–Kier alpha value is -2.65. The Morgan fingerprint density at radius 3 is 2.67 bits per heavy atom. The molecule has 0 aromatic carbocycles. The fraction of sp³-hybridized carbons (Fsp3) is 0.389. The van der Waals surface area contributed by atoms with Crippen LogP contribution in [0.2, 0.25) is 0 Å². The number of fused-ring (bicyclic) bond motifs is 2. The van der Waals surface area contributed by atoms with Gasteiger partial charge >= 0.3 is 5.97 Å². The summed E-state index contributed by atoms with van der Waals surface area (Å²) in [6.45, 7) is 0.233. The van der Waals surface area contributed by atoms with Crippen LogP contribution in [-0.2, 0) is 20.9 Å². The van der Waals surface area contributed by atoms with Gasteiger partial charge in [0, 0.05) is 0 Å². The summed E-state index contributed by atoms with van der Waals surface area (Å²) < 4.78 is 10.8. The van der Waals surface area contributed by atoms with E-state index in [2.05, 4.69) is 10.6 Å². The average molecular weight is 390 g/mol. The molecule has 9 heteroatoms. The van der Waals surface area contributed by atoms with Crippen molar-refractivity contribution >= 4 is 34.1 Å². The Labute approximate surface area is 158 Å². The minimum atomic E-state index is -1.02. The van der Waals surface area contributed by atoms with Gasteiger partial charge in [-0.05, 0) is 36.4 Å². The molecule has 8 nitrogen and oxygen atoms in total. The van der Waals surface area contributed by atoms with Crippen LogP contribution in [0.4, 0.5) is 5.00 Å². The number of carbonyl (C=O) groups excluding carboxylic acids is 2. The number of hydrogen-bond donors (Lipinski definition) is 3. The Morgan fingerprint density at radius 1 is 1.19 bits per heavy atom. The summed E-state index contributed by atoms with van der Waals surface area (Å²) in [6, 6.07) is 5.09. The summed E-state index contributed by atoms with van der Waals surface area (Å²) in [7, 11) is 0. The van der Waals surface area contributed by atoms with E-state index in [0.717, 1.165) is 0 Å². The van der Waals surface area contributed by atoms with E-state index in [1.165, 1.54) is 17.6 Å². The molecule has 0 radical (unpaired) electrons. The molecule has 0 unspecified atom stereocenters. The smallest absolute Gasteiger partial charge is 0.310 e.